The summed E-state index contributed by atoms with van der Waals surface area (Å²) in [6.45, 7) is 10.2. The lowest BCUT2D eigenvalue weighted by Gasteiger charge is -2.40. The first-order chi connectivity index (χ1) is 20.4. The van der Waals surface area contributed by atoms with E-state index >= 15 is 0 Å². The minimum atomic E-state index is -0.598. The predicted molar refractivity (Wildman–Crippen MR) is 170 cm³/mol. The number of ether oxygens (including phenoxy) is 2. The summed E-state index contributed by atoms with van der Waals surface area (Å²) in [4.78, 5) is 28.7. The molecule has 3 heterocycles. The highest BCUT2D eigenvalue weighted by atomic mass is 35.5. The van der Waals surface area contributed by atoms with Gasteiger partial charge >= 0.3 is 6.09 Å². The van der Waals surface area contributed by atoms with Crippen LogP contribution in [0.4, 0.5) is 4.79 Å². The van der Waals surface area contributed by atoms with E-state index in [-0.39, 0.29) is 11.3 Å². The molecule has 0 bridgehead atoms. The van der Waals surface area contributed by atoms with Gasteiger partial charge in [-0.05, 0) is 83.2 Å². The molecule has 3 aromatic rings. The number of carbonyl (C=O) groups is 2. The van der Waals surface area contributed by atoms with Crippen LogP contribution in [0.2, 0.25) is 15.1 Å². The largest absolute Gasteiger partial charge is 0.444 e. The Morgan fingerprint density at radius 2 is 1.74 bits per heavy atom. The van der Waals surface area contributed by atoms with Crippen LogP contribution in [0.3, 0.4) is 0 Å². The topological polar surface area (TPSA) is 85.7 Å². The number of alkyl carbamates (subject to hydrolysis) is 1. The minimum absolute atomic E-state index is 0.164. The monoisotopic (exact) mass is 646 g/mol. The van der Waals surface area contributed by atoms with E-state index in [1.165, 1.54) is 0 Å². The average molecular weight is 648 g/mol. The molecular weight excluding hydrogens is 611 g/mol. The van der Waals surface area contributed by atoms with E-state index in [1.54, 1.807) is 35.0 Å². The van der Waals surface area contributed by atoms with E-state index in [0.717, 1.165) is 36.1 Å². The lowest BCUT2D eigenvalue weighted by Crippen LogP contribution is -2.47. The van der Waals surface area contributed by atoms with Crippen LogP contribution >= 0.6 is 34.8 Å². The lowest BCUT2D eigenvalue weighted by atomic mass is 9.71. The van der Waals surface area contributed by atoms with Crippen molar-refractivity contribution in [2.24, 2.45) is 11.3 Å². The molecule has 43 heavy (non-hydrogen) atoms. The molecule has 1 atom stereocenters. The van der Waals surface area contributed by atoms with Crippen LogP contribution in [0.1, 0.15) is 56.1 Å². The number of rotatable bonds is 6. The summed E-state index contributed by atoms with van der Waals surface area (Å²) in [6, 6.07) is 12.6. The zero-order valence-corrected chi connectivity index (χ0v) is 27.2. The molecule has 2 fully saturated rings. The van der Waals surface area contributed by atoms with Gasteiger partial charge in [0, 0.05) is 59.4 Å². The molecule has 230 valence electrons. The number of hydrogen-bond acceptors (Lipinski definition) is 5. The zero-order chi connectivity index (χ0) is 30.9. The number of nitrogens with zero attached hydrogens (tertiary/aromatic N) is 3. The van der Waals surface area contributed by atoms with Crippen LogP contribution in [0.25, 0.3) is 16.9 Å². The molecule has 8 nitrogen and oxygen atoms in total. The van der Waals surface area contributed by atoms with E-state index in [1.807, 2.05) is 44.7 Å². The van der Waals surface area contributed by atoms with Gasteiger partial charge in [0.05, 0.1) is 16.4 Å². The van der Waals surface area contributed by atoms with Crippen LogP contribution < -0.4 is 5.32 Å². The van der Waals surface area contributed by atoms with Crippen molar-refractivity contribution < 1.29 is 19.1 Å². The van der Waals surface area contributed by atoms with Crippen molar-refractivity contribution in [1.82, 2.24) is 20.0 Å². The number of benzene rings is 2. The van der Waals surface area contributed by atoms with E-state index in [2.05, 4.69) is 5.32 Å². The Kier molecular flexibility index (Phi) is 9.33. The second-order valence-corrected chi connectivity index (χ2v) is 13.7. The number of amides is 2. The Labute approximate surface area is 267 Å². The van der Waals surface area contributed by atoms with Crippen molar-refractivity contribution in [3.63, 3.8) is 0 Å². The van der Waals surface area contributed by atoms with Gasteiger partial charge < -0.3 is 19.7 Å². The Morgan fingerprint density at radius 3 is 2.40 bits per heavy atom. The first-order valence-corrected chi connectivity index (χ1v) is 15.7. The van der Waals surface area contributed by atoms with Crippen molar-refractivity contribution in [2.75, 3.05) is 32.8 Å². The fourth-order valence-corrected chi connectivity index (χ4v) is 6.80. The van der Waals surface area contributed by atoms with E-state index in [9.17, 15) is 9.59 Å². The Hall–Kier alpha value is -2.78. The van der Waals surface area contributed by atoms with Gasteiger partial charge in [0.2, 0.25) is 0 Å². The molecule has 0 spiro atoms. The van der Waals surface area contributed by atoms with Gasteiger partial charge in [-0.3, -0.25) is 4.79 Å². The molecule has 2 aliphatic heterocycles. The molecule has 1 N–H and O–H groups in total. The highest BCUT2D eigenvalue weighted by Crippen LogP contribution is 2.43. The van der Waals surface area contributed by atoms with Gasteiger partial charge in [0.1, 0.15) is 5.60 Å². The van der Waals surface area contributed by atoms with Crippen LogP contribution in [0.5, 0.6) is 0 Å². The van der Waals surface area contributed by atoms with Crippen LogP contribution in [0, 0.1) is 18.3 Å². The number of carbonyl (C=O) groups excluding carboxylic acids is 2. The maximum absolute atomic E-state index is 14.2. The molecule has 5 rings (SSSR count). The van der Waals surface area contributed by atoms with E-state index in [0.29, 0.717) is 65.2 Å². The number of halogens is 3. The van der Waals surface area contributed by atoms with Gasteiger partial charge in [-0.2, -0.15) is 5.10 Å². The number of likely N-dealkylation sites (tertiary alicyclic amines) is 1. The molecule has 11 heteroatoms. The zero-order valence-electron chi connectivity index (χ0n) is 24.9. The molecule has 2 amide bonds. The van der Waals surface area contributed by atoms with Gasteiger partial charge in [0.25, 0.3) is 5.91 Å². The molecule has 2 saturated heterocycles. The van der Waals surface area contributed by atoms with Crippen LogP contribution in [-0.4, -0.2) is 65.1 Å². The molecule has 0 aliphatic carbocycles. The van der Waals surface area contributed by atoms with E-state index in [4.69, 9.17) is 49.4 Å². The maximum atomic E-state index is 14.2. The third-order valence-electron chi connectivity index (χ3n) is 8.32. The molecule has 1 aromatic heterocycles. The summed E-state index contributed by atoms with van der Waals surface area (Å²) < 4.78 is 12.9. The quantitative estimate of drug-likeness (QED) is 0.298. The first-order valence-electron chi connectivity index (χ1n) is 14.5. The molecule has 0 saturated carbocycles. The Bertz CT molecular complexity index is 1500. The molecular formula is C32H37Cl3N4O4. The molecule has 2 aromatic carbocycles. The number of hydrogen-bond donors (Lipinski definition) is 1. The molecule has 1 unspecified atom stereocenters. The van der Waals surface area contributed by atoms with Crippen molar-refractivity contribution in [3.8, 4) is 16.9 Å². The van der Waals surface area contributed by atoms with Gasteiger partial charge in [-0.1, -0.05) is 46.9 Å². The third kappa shape index (κ3) is 6.98. The summed E-state index contributed by atoms with van der Waals surface area (Å²) in [5, 5.41) is 9.37. The standard InChI is InChI=1S/C32H37Cl3N4O4/c1-20-27(37-39(26-10-9-24(34)17-25(26)35)28(20)21-5-7-23(33)8-6-21)29(40)38-14-13-32(19-38,22-11-15-42-16-12-22)18-36-30(41)43-31(2,3)4/h5-10,17,22H,11-16,18-19H2,1-4H3,(H,36,41). The normalized spacial score (nSPS) is 19.5. The summed E-state index contributed by atoms with van der Waals surface area (Å²) in [6.07, 6.45) is 2.06. The van der Waals surface area contributed by atoms with Crippen molar-refractivity contribution in [3.05, 3.63) is 68.8 Å². The van der Waals surface area contributed by atoms with Crippen LogP contribution in [0.15, 0.2) is 42.5 Å². The minimum Gasteiger partial charge on any atom is -0.444 e. The Balaban J connectivity index is 1.47. The fourth-order valence-electron chi connectivity index (χ4n) is 6.19. The number of aromatic nitrogens is 2. The summed E-state index contributed by atoms with van der Waals surface area (Å²) in [5.41, 5.74) is 2.37. The van der Waals surface area contributed by atoms with Crippen molar-refractivity contribution in [2.45, 2.75) is 52.6 Å². The summed E-state index contributed by atoms with van der Waals surface area (Å²) in [7, 11) is 0. The van der Waals surface area contributed by atoms with Gasteiger partial charge in [-0.15, -0.1) is 0 Å². The smallest absolute Gasteiger partial charge is 0.407 e. The highest BCUT2D eigenvalue weighted by molar-refractivity contribution is 6.35. The first kappa shape index (κ1) is 31.6. The third-order valence-corrected chi connectivity index (χ3v) is 9.11. The van der Waals surface area contributed by atoms with Gasteiger partial charge in [-0.25, -0.2) is 9.48 Å². The van der Waals surface area contributed by atoms with E-state index < -0.39 is 11.7 Å². The number of nitrogens with one attached hydrogen (secondary N) is 1. The maximum Gasteiger partial charge on any atom is 0.407 e. The lowest BCUT2D eigenvalue weighted by molar-refractivity contribution is 0.00939. The SMILES string of the molecule is Cc1c(C(=O)N2CCC(CNC(=O)OC(C)(C)C)(C3CCOCC3)C2)nn(-c2ccc(Cl)cc2Cl)c1-c1ccc(Cl)cc1. The highest BCUT2D eigenvalue weighted by Gasteiger charge is 2.47. The fraction of sp³-hybridized carbons (Fsp3) is 0.469. The van der Waals surface area contributed by atoms with Crippen LogP contribution in [-0.2, 0) is 9.47 Å². The van der Waals surface area contributed by atoms with Gasteiger partial charge in [0.15, 0.2) is 5.69 Å². The second kappa shape index (κ2) is 12.7. The Morgan fingerprint density at radius 1 is 1.07 bits per heavy atom. The van der Waals surface area contributed by atoms with Crippen molar-refractivity contribution in [1.29, 1.82) is 0 Å². The second-order valence-electron chi connectivity index (χ2n) is 12.4. The average Bonchev–Trinajstić information content (AvgIpc) is 3.54. The van der Waals surface area contributed by atoms with Crippen molar-refractivity contribution >= 4 is 46.8 Å². The molecule has 0 radical (unpaired) electrons. The predicted octanol–water partition coefficient (Wildman–Crippen LogP) is 7.59. The summed E-state index contributed by atoms with van der Waals surface area (Å²) in [5.74, 6) is 0.132. The summed E-state index contributed by atoms with van der Waals surface area (Å²) >= 11 is 19.0. The molecule has 2 aliphatic rings.